The Hall–Kier alpha value is -1.67. The third kappa shape index (κ3) is 5.23. The quantitative estimate of drug-likeness (QED) is 0.626. The summed E-state index contributed by atoms with van der Waals surface area (Å²) in [5.74, 6) is -0.0120. The van der Waals surface area contributed by atoms with Crippen molar-refractivity contribution >= 4 is 28.4 Å². The minimum Gasteiger partial charge on any atom is -0.352 e. The molecule has 0 spiro atoms. The molecule has 3 amide bonds. The summed E-state index contributed by atoms with van der Waals surface area (Å²) in [4.78, 5) is 27.8. The summed E-state index contributed by atoms with van der Waals surface area (Å²) in [5.41, 5.74) is 5.81. The predicted octanol–water partition coefficient (Wildman–Crippen LogP) is 0.274. The number of rotatable bonds is 7. The van der Waals surface area contributed by atoms with Crippen LogP contribution in [0.25, 0.3) is 0 Å². The Kier molecular flexibility index (Phi) is 6.23. The van der Waals surface area contributed by atoms with Gasteiger partial charge >= 0.3 is 6.03 Å². The summed E-state index contributed by atoms with van der Waals surface area (Å²) in [5, 5.41) is 8.23. The number of carbonyl (C=O) groups is 2. The second-order valence-corrected chi connectivity index (χ2v) is 4.69. The first-order chi connectivity index (χ1) is 9.04. The zero-order valence-corrected chi connectivity index (χ0v) is 11.9. The van der Waals surface area contributed by atoms with E-state index >= 15 is 0 Å². The molecule has 1 heterocycles. The third-order valence-electron chi connectivity index (χ3n) is 2.37. The number of primary amides is 1. The minimum atomic E-state index is -0.530. The zero-order chi connectivity index (χ0) is 14.3. The first-order valence-corrected chi connectivity index (χ1v) is 6.89. The van der Waals surface area contributed by atoms with Crippen molar-refractivity contribution in [1.82, 2.24) is 15.6 Å². The van der Waals surface area contributed by atoms with Gasteiger partial charge in [0.05, 0.1) is 5.69 Å². The molecule has 1 rings (SSSR count). The Balaban J connectivity index is 2.38. The number of urea groups is 1. The first kappa shape index (κ1) is 15.4. The van der Waals surface area contributed by atoms with Gasteiger partial charge in [-0.15, -0.1) is 11.3 Å². The van der Waals surface area contributed by atoms with Crippen molar-refractivity contribution in [2.24, 2.45) is 5.73 Å². The number of amides is 3. The van der Waals surface area contributed by atoms with Gasteiger partial charge in [-0.25, -0.2) is 9.78 Å². The van der Waals surface area contributed by atoms with Gasteiger partial charge in [0.25, 0.3) is 0 Å². The van der Waals surface area contributed by atoms with Crippen molar-refractivity contribution < 1.29 is 9.59 Å². The van der Waals surface area contributed by atoms with Crippen LogP contribution in [-0.4, -0.2) is 36.6 Å². The zero-order valence-electron chi connectivity index (χ0n) is 11.1. The number of anilines is 1. The van der Waals surface area contributed by atoms with Gasteiger partial charge in [-0.3, -0.25) is 9.69 Å². The molecule has 0 aromatic carbocycles. The molecule has 0 aliphatic rings. The summed E-state index contributed by atoms with van der Waals surface area (Å²) in [7, 11) is 0. The summed E-state index contributed by atoms with van der Waals surface area (Å²) >= 11 is 1.44. The fourth-order valence-electron chi connectivity index (χ4n) is 1.48. The molecule has 4 N–H and O–H groups in total. The molecule has 19 heavy (non-hydrogen) atoms. The summed E-state index contributed by atoms with van der Waals surface area (Å²) in [6.07, 6.45) is 0. The number of carbonyl (C=O) groups excluding carboxylic acids is 2. The number of aromatic nitrogens is 1. The number of nitrogens with zero attached hydrogens (tertiary/aromatic N) is 2. The van der Waals surface area contributed by atoms with Crippen LogP contribution in [0.3, 0.4) is 0 Å². The molecule has 1 aromatic heterocycles. The molecule has 7 nitrogen and oxygen atoms in total. The van der Waals surface area contributed by atoms with E-state index in [2.05, 4.69) is 15.6 Å². The molecule has 0 atom stereocenters. The van der Waals surface area contributed by atoms with Gasteiger partial charge in [-0.2, -0.15) is 0 Å². The van der Waals surface area contributed by atoms with Crippen LogP contribution in [0.2, 0.25) is 0 Å². The second-order valence-electron chi connectivity index (χ2n) is 3.85. The van der Waals surface area contributed by atoms with Crippen LogP contribution < -0.4 is 21.3 Å². The van der Waals surface area contributed by atoms with Crippen molar-refractivity contribution in [3.8, 4) is 0 Å². The SMILES string of the molecule is CCN(C(C)=O)c1nc(CNCCNC(N)=O)cs1. The molecular weight excluding hydrogens is 266 g/mol. The van der Waals surface area contributed by atoms with E-state index in [1.165, 1.54) is 18.3 Å². The van der Waals surface area contributed by atoms with Crippen LogP contribution in [0, 0.1) is 0 Å². The third-order valence-corrected chi connectivity index (χ3v) is 3.29. The summed E-state index contributed by atoms with van der Waals surface area (Å²) in [6, 6.07) is -0.530. The van der Waals surface area contributed by atoms with E-state index in [1.807, 2.05) is 12.3 Å². The van der Waals surface area contributed by atoms with E-state index in [0.29, 0.717) is 31.3 Å². The number of nitrogens with two attached hydrogens (primary N) is 1. The van der Waals surface area contributed by atoms with Crippen LogP contribution in [0.5, 0.6) is 0 Å². The topological polar surface area (TPSA) is 100 Å². The van der Waals surface area contributed by atoms with Crippen LogP contribution >= 0.6 is 11.3 Å². The van der Waals surface area contributed by atoms with Crippen molar-refractivity contribution in [2.45, 2.75) is 20.4 Å². The summed E-state index contributed by atoms with van der Waals surface area (Å²) < 4.78 is 0. The Labute approximate surface area is 116 Å². The van der Waals surface area contributed by atoms with Crippen LogP contribution in [0.15, 0.2) is 5.38 Å². The second kappa shape index (κ2) is 7.70. The Morgan fingerprint density at radius 3 is 2.79 bits per heavy atom. The van der Waals surface area contributed by atoms with Crippen LogP contribution in [-0.2, 0) is 11.3 Å². The molecule has 0 fully saturated rings. The molecule has 0 aliphatic carbocycles. The molecule has 0 radical (unpaired) electrons. The van der Waals surface area contributed by atoms with E-state index in [4.69, 9.17) is 5.73 Å². The van der Waals surface area contributed by atoms with Gasteiger partial charge in [-0.1, -0.05) is 0 Å². The number of hydrogen-bond donors (Lipinski definition) is 3. The molecule has 0 unspecified atom stereocenters. The van der Waals surface area contributed by atoms with Crippen molar-refractivity contribution in [1.29, 1.82) is 0 Å². The van der Waals surface area contributed by atoms with Crippen molar-refractivity contribution in [3.63, 3.8) is 0 Å². The Morgan fingerprint density at radius 1 is 1.47 bits per heavy atom. The normalized spacial score (nSPS) is 10.2. The minimum absolute atomic E-state index is 0.0120. The van der Waals surface area contributed by atoms with E-state index in [1.54, 1.807) is 4.90 Å². The van der Waals surface area contributed by atoms with Gasteiger partial charge in [0.2, 0.25) is 5.91 Å². The Morgan fingerprint density at radius 2 is 2.21 bits per heavy atom. The highest BCUT2D eigenvalue weighted by molar-refractivity contribution is 7.14. The molecule has 0 saturated heterocycles. The predicted molar refractivity (Wildman–Crippen MR) is 75.1 cm³/mol. The maximum absolute atomic E-state index is 11.4. The lowest BCUT2D eigenvalue weighted by Crippen LogP contribution is -2.35. The van der Waals surface area contributed by atoms with Gasteiger partial charge in [-0.05, 0) is 6.92 Å². The number of hydrogen-bond acceptors (Lipinski definition) is 5. The standard InChI is InChI=1S/C11H19N5O2S/c1-3-16(8(2)17)11-15-9(7-19-11)6-13-4-5-14-10(12)18/h7,13H,3-6H2,1-2H3,(H3,12,14,18). The summed E-state index contributed by atoms with van der Waals surface area (Å²) in [6.45, 7) is 5.72. The molecule has 0 bridgehead atoms. The van der Waals surface area contributed by atoms with Gasteiger partial charge in [0.15, 0.2) is 5.13 Å². The number of nitrogens with one attached hydrogen (secondary N) is 2. The Bertz CT molecular complexity index is 434. The van der Waals surface area contributed by atoms with E-state index in [9.17, 15) is 9.59 Å². The van der Waals surface area contributed by atoms with E-state index in [0.717, 1.165) is 5.69 Å². The first-order valence-electron chi connectivity index (χ1n) is 6.01. The van der Waals surface area contributed by atoms with E-state index in [-0.39, 0.29) is 5.91 Å². The molecule has 0 aliphatic heterocycles. The lowest BCUT2D eigenvalue weighted by Gasteiger charge is -2.14. The fourth-order valence-corrected chi connectivity index (χ4v) is 2.42. The average Bonchev–Trinajstić information content (AvgIpc) is 2.77. The highest BCUT2D eigenvalue weighted by atomic mass is 32.1. The largest absolute Gasteiger partial charge is 0.352 e. The van der Waals surface area contributed by atoms with E-state index < -0.39 is 6.03 Å². The highest BCUT2D eigenvalue weighted by Gasteiger charge is 2.12. The van der Waals surface area contributed by atoms with Gasteiger partial charge in [0.1, 0.15) is 0 Å². The average molecular weight is 285 g/mol. The monoisotopic (exact) mass is 285 g/mol. The fraction of sp³-hybridized carbons (Fsp3) is 0.545. The van der Waals surface area contributed by atoms with Crippen molar-refractivity contribution in [3.05, 3.63) is 11.1 Å². The molecule has 106 valence electrons. The van der Waals surface area contributed by atoms with Crippen molar-refractivity contribution in [2.75, 3.05) is 24.5 Å². The van der Waals surface area contributed by atoms with Crippen LogP contribution in [0.1, 0.15) is 19.5 Å². The molecule has 1 aromatic rings. The maximum Gasteiger partial charge on any atom is 0.312 e. The van der Waals surface area contributed by atoms with Gasteiger partial charge in [0, 0.05) is 38.5 Å². The maximum atomic E-state index is 11.4. The lowest BCUT2D eigenvalue weighted by atomic mass is 10.4. The smallest absolute Gasteiger partial charge is 0.312 e. The molecule has 0 saturated carbocycles. The molecular formula is C11H19N5O2S. The van der Waals surface area contributed by atoms with Crippen LogP contribution in [0.4, 0.5) is 9.93 Å². The number of thiazole rings is 1. The van der Waals surface area contributed by atoms with Gasteiger partial charge < -0.3 is 16.4 Å². The highest BCUT2D eigenvalue weighted by Crippen LogP contribution is 2.20. The lowest BCUT2D eigenvalue weighted by molar-refractivity contribution is -0.116. The molecule has 8 heteroatoms.